The molecule has 0 amide bonds. The van der Waals surface area contributed by atoms with Gasteiger partial charge < -0.3 is 4.74 Å². The molecule has 0 aliphatic rings. The van der Waals surface area contributed by atoms with Crippen molar-refractivity contribution in [3.05, 3.63) is 35.9 Å². The Morgan fingerprint density at radius 2 is 1.71 bits per heavy atom. The molecule has 3 nitrogen and oxygen atoms in total. The summed E-state index contributed by atoms with van der Waals surface area (Å²) in [7, 11) is 0. The fourth-order valence-electron chi connectivity index (χ4n) is 2.46. The molecule has 0 aromatic heterocycles. The Morgan fingerprint density at radius 1 is 1.19 bits per heavy atom. The Bertz CT molecular complexity index is 494. The topological polar surface area (TPSA) is 50.1 Å². The lowest BCUT2D eigenvalue weighted by atomic mass is 9.85. The van der Waals surface area contributed by atoms with Gasteiger partial charge in [-0.05, 0) is 24.3 Å². The molecule has 1 unspecified atom stereocenters. The van der Waals surface area contributed by atoms with Gasteiger partial charge in [0.2, 0.25) is 0 Å². The number of benzene rings is 1. The van der Waals surface area contributed by atoms with E-state index in [1.165, 1.54) is 0 Å². The number of hydrogen-bond acceptors (Lipinski definition) is 3. The summed E-state index contributed by atoms with van der Waals surface area (Å²) in [5, 5.41) is 9.46. The van der Waals surface area contributed by atoms with Crippen molar-refractivity contribution in [1.82, 2.24) is 0 Å². The normalized spacial score (nSPS) is 14.0. The minimum atomic E-state index is -1.15. The van der Waals surface area contributed by atoms with Gasteiger partial charge >= 0.3 is 5.97 Å². The molecule has 0 fully saturated rings. The average Bonchev–Trinajstić information content (AvgIpc) is 2.44. The van der Waals surface area contributed by atoms with Gasteiger partial charge in [-0.1, -0.05) is 58.0 Å². The average molecular weight is 287 g/mol. The van der Waals surface area contributed by atoms with E-state index in [-0.39, 0.29) is 17.9 Å². The first-order valence-corrected chi connectivity index (χ1v) is 7.46. The van der Waals surface area contributed by atoms with E-state index in [0.29, 0.717) is 6.42 Å². The fourth-order valence-corrected chi connectivity index (χ4v) is 2.46. The van der Waals surface area contributed by atoms with Gasteiger partial charge in [-0.25, -0.2) is 0 Å². The number of ether oxygens (including phenoxy) is 1. The highest BCUT2D eigenvalue weighted by Gasteiger charge is 2.38. The van der Waals surface area contributed by atoms with Gasteiger partial charge in [-0.3, -0.25) is 4.79 Å². The number of carbonyl (C=O) groups is 1. The lowest BCUT2D eigenvalue weighted by Crippen LogP contribution is -2.37. The number of hydrogen-bond donors (Lipinski definition) is 0. The molecule has 1 aromatic rings. The first-order valence-electron chi connectivity index (χ1n) is 7.46. The summed E-state index contributed by atoms with van der Waals surface area (Å²) in [5.74, 6) is 0.0310. The number of esters is 1. The van der Waals surface area contributed by atoms with Crippen molar-refractivity contribution in [3.63, 3.8) is 0 Å². The van der Waals surface area contributed by atoms with E-state index in [2.05, 4.69) is 6.07 Å². The van der Waals surface area contributed by atoms with Gasteiger partial charge in [0.15, 0.2) is 5.41 Å². The Balaban J connectivity index is 2.88. The maximum absolute atomic E-state index is 12.5. The number of rotatable bonds is 6. The Kier molecular flexibility index (Phi) is 5.96. The van der Waals surface area contributed by atoms with Crippen molar-refractivity contribution in [2.75, 3.05) is 0 Å². The number of nitriles is 1. The molecule has 1 rings (SSSR count). The highest BCUT2D eigenvalue weighted by Crippen LogP contribution is 2.27. The quantitative estimate of drug-likeness (QED) is 0.743. The summed E-state index contributed by atoms with van der Waals surface area (Å²) >= 11 is 0. The minimum absolute atomic E-state index is 0.166. The van der Waals surface area contributed by atoms with Gasteiger partial charge in [0.05, 0.1) is 6.07 Å². The molecule has 21 heavy (non-hydrogen) atoms. The SMILES string of the molecule is CC(C)C(OC(=O)C(C)(C#N)Cc1ccccc1)C(C)C. The van der Waals surface area contributed by atoms with E-state index < -0.39 is 11.4 Å². The van der Waals surface area contributed by atoms with Crippen molar-refractivity contribution in [3.8, 4) is 6.07 Å². The summed E-state index contributed by atoms with van der Waals surface area (Å²) in [6.45, 7) is 9.76. The van der Waals surface area contributed by atoms with E-state index in [1.54, 1.807) is 6.92 Å². The van der Waals surface area contributed by atoms with Gasteiger partial charge in [0.1, 0.15) is 6.10 Å². The summed E-state index contributed by atoms with van der Waals surface area (Å²) < 4.78 is 5.64. The molecule has 1 atom stereocenters. The lowest BCUT2D eigenvalue weighted by molar-refractivity contribution is -0.162. The number of nitrogens with zero attached hydrogens (tertiary/aromatic N) is 1. The monoisotopic (exact) mass is 287 g/mol. The summed E-state index contributed by atoms with van der Waals surface area (Å²) in [6.07, 6.45) is 0.201. The second-order valence-corrected chi connectivity index (χ2v) is 6.46. The molecular weight excluding hydrogens is 262 g/mol. The maximum atomic E-state index is 12.5. The third kappa shape index (κ3) is 4.60. The number of carbonyl (C=O) groups excluding carboxylic acids is 1. The lowest BCUT2D eigenvalue weighted by Gasteiger charge is -2.29. The smallest absolute Gasteiger partial charge is 0.326 e. The third-order valence-electron chi connectivity index (χ3n) is 3.66. The first-order chi connectivity index (χ1) is 9.80. The molecule has 0 bridgehead atoms. The van der Waals surface area contributed by atoms with Crippen LogP contribution in [0.2, 0.25) is 0 Å². The van der Waals surface area contributed by atoms with Gasteiger partial charge in [0, 0.05) is 6.42 Å². The Hall–Kier alpha value is -1.82. The zero-order valence-corrected chi connectivity index (χ0v) is 13.6. The second kappa shape index (κ2) is 7.26. The highest BCUT2D eigenvalue weighted by molar-refractivity contribution is 5.80. The molecular formula is C18H25NO2. The van der Waals surface area contributed by atoms with Crippen LogP contribution in [0.15, 0.2) is 30.3 Å². The summed E-state index contributed by atoms with van der Waals surface area (Å²) in [4.78, 5) is 12.5. The molecule has 114 valence electrons. The predicted octanol–water partition coefficient (Wildman–Crippen LogP) is 3.98. The van der Waals surface area contributed by atoms with Crippen molar-refractivity contribution in [1.29, 1.82) is 5.26 Å². The maximum Gasteiger partial charge on any atom is 0.326 e. The van der Waals surface area contributed by atoms with Crippen LogP contribution in [0, 0.1) is 28.6 Å². The largest absolute Gasteiger partial charge is 0.461 e. The summed E-state index contributed by atoms with van der Waals surface area (Å²) in [6, 6.07) is 11.7. The standard InChI is InChI=1S/C18H25NO2/c1-13(2)16(14(3)4)21-17(20)18(5,12-19)11-15-9-7-6-8-10-15/h6-10,13-14,16H,11H2,1-5H3. The second-order valence-electron chi connectivity index (χ2n) is 6.46. The summed E-state index contributed by atoms with van der Waals surface area (Å²) in [5.41, 5.74) is -0.187. The van der Waals surface area contributed by atoms with Crippen LogP contribution in [0.1, 0.15) is 40.2 Å². The van der Waals surface area contributed by atoms with Crippen molar-refractivity contribution in [2.24, 2.45) is 17.3 Å². The van der Waals surface area contributed by atoms with E-state index >= 15 is 0 Å². The van der Waals surface area contributed by atoms with Crippen LogP contribution in [0.25, 0.3) is 0 Å². The van der Waals surface area contributed by atoms with Gasteiger partial charge in [-0.15, -0.1) is 0 Å². The van der Waals surface area contributed by atoms with Gasteiger partial charge in [-0.2, -0.15) is 5.26 Å². The van der Waals surface area contributed by atoms with E-state index in [9.17, 15) is 10.1 Å². The van der Waals surface area contributed by atoms with Crippen LogP contribution < -0.4 is 0 Å². The Morgan fingerprint density at radius 3 is 2.14 bits per heavy atom. The zero-order chi connectivity index (χ0) is 16.0. The first kappa shape index (κ1) is 17.2. The molecule has 0 N–H and O–H groups in total. The molecule has 3 heteroatoms. The van der Waals surface area contributed by atoms with Crippen LogP contribution in [-0.4, -0.2) is 12.1 Å². The zero-order valence-electron chi connectivity index (χ0n) is 13.6. The molecule has 1 aromatic carbocycles. The minimum Gasteiger partial charge on any atom is -0.461 e. The molecule has 0 radical (unpaired) electrons. The van der Waals surface area contributed by atoms with Crippen LogP contribution in [-0.2, 0) is 16.0 Å². The molecule has 0 aliphatic carbocycles. The molecule has 0 saturated carbocycles. The van der Waals surface area contributed by atoms with Crippen LogP contribution in [0.5, 0.6) is 0 Å². The fraction of sp³-hybridized carbons (Fsp3) is 0.556. The molecule has 0 aliphatic heterocycles. The van der Waals surface area contributed by atoms with Gasteiger partial charge in [0.25, 0.3) is 0 Å². The third-order valence-corrected chi connectivity index (χ3v) is 3.66. The van der Waals surface area contributed by atoms with E-state index in [4.69, 9.17) is 4.74 Å². The van der Waals surface area contributed by atoms with Crippen LogP contribution in [0.4, 0.5) is 0 Å². The van der Waals surface area contributed by atoms with Crippen LogP contribution >= 0.6 is 0 Å². The van der Waals surface area contributed by atoms with E-state index in [1.807, 2.05) is 58.0 Å². The van der Waals surface area contributed by atoms with Crippen molar-refractivity contribution in [2.45, 2.75) is 47.1 Å². The molecule has 0 spiro atoms. The van der Waals surface area contributed by atoms with Crippen molar-refractivity contribution < 1.29 is 9.53 Å². The van der Waals surface area contributed by atoms with E-state index in [0.717, 1.165) is 5.56 Å². The van der Waals surface area contributed by atoms with Crippen molar-refractivity contribution >= 4 is 5.97 Å². The molecule has 0 heterocycles. The highest BCUT2D eigenvalue weighted by atomic mass is 16.5. The molecule has 0 saturated heterocycles. The Labute approximate surface area is 127 Å². The van der Waals surface area contributed by atoms with Crippen LogP contribution in [0.3, 0.4) is 0 Å². The predicted molar refractivity (Wildman–Crippen MR) is 83.4 cm³/mol.